The molecule has 2 rings (SSSR count). The van der Waals surface area contributed by atoms with Crippen LogP contribution in [0.2, 0.25) is 0 Å². The highest BCUT2D eigenvalue weighted by atomic mass is 16.5. The number of allylic oxidation sites excluding steroid dienone is 1. The lowest BCUT2D eigenvalue weighted by Crippen LogP contribution is -2.14. The van der Waals surface area contributed by atoms with Gasteiger partial charge >= 0.3 is 5.69 Å². The van der Waals surface area contributed by atoms with Crippen LogP contribution in [0.1, 0.15) is 12.7 Å². The molecule has 0 saturated heterocycles. The van der Waals surface area contributed by atoms with E-state index >= 15 is 0 Å². The summed E-state index contributed by atoms with van der Waals surface area (Å²) in [4.78, 5) is 26.0. The molecule has 0 aliphatic heterocycles. The minimum absolute atomic E-state index is 0.335. The lowest BCUT2D eigenvalue weighted by Gasteiger charge is -2.01. The molecule has 2 heterocycles. The van der Waals surface area contributed by atoms with Gasteiger partial charge in [0.1, 0.15) is 5.82 Å². The Morgan fingerprint density at radius 1 is 1.33 bits per heavy atom. The first kappa shape index (κ1) is 12.0. The van der Waals surface area contributed by atoms with Gasteiger partial charge in [0, 0.05) is 17.8 Å². The quantitative estimate of drug-likeness (QED) is 0.879. The van der Waals surface area contributed by atoms with Crippen LogP contribution >= 0.6 is 0 Å². The van der Waals surface area contributed by atoms with Gasteiger partial charge in [0.25, 0.3) is 0 Å². The van der Waals surface area contributed by atoms with E-state index in [1.165, 1.54) is 7.11 Å². The average Bonchev–Trinajstić information content (AvgIpc) is 2.38. The van der Waals surface area contributed by atoms with E-state index in [1.807, 2.05) is 6.92 Å². The molecule has 0 bridgehead atoms. The van der Waals surface area contributed by atoms with E-state index in [4.69, 9.17) is 4.74 Å². The first-order chi connectivity index (χ1) is 8.72. The minimum atomic E-state index is -0.441. The molecule has 92 valence electrons. The molecular weight excluding hydrogens is 232 g/mol. The van der Waals surface area contributed by atoms with Gasteiger partial charge in [-0.25, -0.2) is 14.8 Å². The summed E-state index contributed by atoms with van der Waals surface area (Å²) >= 11 is 0. The average molecular weight is 244 g/mol. The Bertz CT molecular complexity index is 617. The Kier molecular flexibility index (Phi) is 3.47. The fourth-order valence-electron chi connectivity index (χ4n) is 1.40. The Morgan fingerprint density at radius 2 is 2.17 bits per heavy atom. The van der Waals surface area contributed by atoms with Gasteiger partial charge < -0.3 is 4.74 Å². The highest BCUT2D eigenvalue weighted by Crippen LogP contribution is 2.15. The van der Waals surface area contributed by atoms with Gasteiger partial charge in [-0.15, -0.1) is 0 Å². The minimum Gasteiger partial charge on any atom is -0.481 e. The first-order valence-electron chi connectivity index (χ1n) is 5.34. The van der Waals surface area contributed by atoms with E-state index in [2.05, 4.69) is 19.9 Å². The predicted octanol–water partition coefficient (Wildman–Crippen LogP) is 1.27. The van der Waals surface area contributed by atoms with Crippen molar-refractivity contribution >= 4 is 6.08 Å². The van der Waals surface area contributed by atoms with Crippen LogP contribution in [0.15, 0.2) is 29.2 Å². The van der Waals surface area contributed by atoms with Crippen LogP contribution in [0.25, 0.3) is 17.5 Å². The van der Waals surface area contributed by atoms with Crippen LogP contribution in [0.5, 0.6) is 5.88 Å². The molecule has 0 aliphatic carbocycles. The zero-order chi connectivity index (χ0) is 13.0. The molecule has 18 heavy (non-hydrogen) atoms. The molecule has 2 aromatic rings. The molecule has 1 N–H and O–H groups in total. The zero-order valence-corrected chi connectivity index (χ0v) is 10.0. The molecule has 0 unspecified atom stereocenters. The highest BCUT2D eigenvalue weighted by Gasteiger charge is 2.05. The number of nitrogens with one attached hydrogen (secondary N) is 1. The molecular formula is C12H12N4O2. The maximum absolute atomic E-state index is 11.4. The van der Waals surface area contributed by atoms with Gasteiger partial charge in [0.05, 0.1) is 7.11 Å². The lowest BCUT2D eigenvalue weighted by molar-refractivity contribution is 0.398. The molecule has 0 amide bonds. The van der Waals surface area contributed by atoms with Gasteiger partial charge in [0.2, 0.25) is 5.88 Å². The normalized spacial score (nSPS) is 10.8. The lowest BCUT2D eigenvalue weighted by atomic mass is 10.2. The summed E-state index contributed by atoms with van der Waals surface area (Å²) in [6, 6.07) is 3.44. The number of nitrogens with zero attached hydrogens (tertiary/aromatic N) is 3. The van der Waals surface area contributed by atoms with Crippen LogP contribution in [-0.4, -0.2) is 27.0 Å². The summed E-state index contributed by atoms with van der Waals surface area (Å²) in [6.07, 6.45) is 5.05. The molecule has 0 aromatic carbocycles. The van der Waals surface area contributed by atoms with Crippen molar-refractivity contribution in [2.75, 3.05) is 7.11 Å². The number of pyridine rings is 1. The number of methoxy groups -OCH3 is 1. The third-order valence-electron chi connectivity index (χ3n) is 2.20. The van der Waals surface area contributed by atoms with Crippen molar-refractivity contribution in [1.29, 1.82) is 0 Å². The number of H-pyrrole nitrogens is 1. The Hall–Kier alpha value is -2.50. The van der Waals surface area contributed by atoms with Crippen molar-refractivity contribution in [3.05, 3.63) is 40.7 Å². The maximum atomic E-state index is 11.4. The van der Waals surface area contributed by atoms with E-state index in [0.717, 1.165) is 0 Å². The van der Waals surface area contributed by atoms with Crippen molar-refractivity contribution in [3.8, 4) is 17.3 Å². The predicted molar refractivity (Wildman–Crippen MR) is 67.1 cm³/mol. The molecule has 2 aromatic heterocycles. The third kappa shape index (κ3) is 2.60. The zero-order valence-electron chi connectivity index (χ0n) is 10.0. The fraction of sp³-hybridized carbons (Fsp3) is 0.167. The summed E-state index contributed by atoms with van der Waals surface area (Å²) in [5, 5.41) is 0. The standard InChI is InChI=1S/C12H12N4O2/c1-3-4-9-14-11(16-12(17)15-9)8-5-6-10(18-2)13-7-8/h3-7H,1-2H3,(H,14,15,16,17)/b4-3+. The molecule has 0 saturated carbocycles. The topological polar surface area (TPSA) is 80.8 Å². The SMILES string of the molecule is C/C=C/c1nc(-c2ccc(OC)nc2)nc(=O)[nH]1. The number of hydrogen-bond donors (Lipinski definition) is 1. The second kappa shape index (κ2) is 5.22. The van der Waals surface area contributed by atoms with Gasteiger partial charge in [-0.1, -0.05) is 6.08 Å². The summed E-state index contributed by atoms with van der Waals surface area (Å²) in [5.74, 6) is 1.29. The molecule has 0 atom stereocenters. The molecule has 0 radical (unpaired) electrons. The van der Waals surface area contributed by atoms with Gasteiger partial charge in [-0.3, -0.25) is 4.98 Å². The monoisotopic (exact) mass is 244 g/mol. The van der Waals surface area contributed by atoms with Gasteiger partial charge in [-0.2, -0.15) is 4.98 Å². The van der Waals surface area contributed by atoms with E-state index in [1.54, 1.807) is 30.5 Å². The van der Waals surface area contributed by atoms with Gasteiger partial charge in [-0.05, 0) is 19.1 Å². The smallest absolute Gasteiger partial charge is 0.348 e. The summed E-state index contributed by atoms with van der Waals surface area (Å²) in [5.41, 5.74) is 0.219. The molecule has 0 spiro atoms. The van der Waals surface area contributed by atoms with E-state index in [9.17, 15) is 4.79 Å². The molecule has 0 aliphatic rings. The van der Waals surface area contributed by atoms with Crippen LogP contribution < -0.4 is 10.4 Å². The number of aromatic amines is 1. The molecule has 6 nitrogen and oxygen atoms in total. The Morgan fingerprint density at radius 3 is 2.78 bits per heavy atom. The van der Waals surface area contributed by atoms with Crippen LogP contribution in [0, 0.1) is 0 Å². The largest absolute Gasteiger partial charge is 0.481 e. The number of rotatable bonds is 3. The number of aromatic nitrogens is 4. The summed E-state index contributed by atoms with van der Waals surface area (Å²) in [6.45, 7) is 1.84. The van der Waals surface area contributed by atoms with Crippen molar-refractivity contribution < 1.29 is 4.74 Å². The first-order valence-corrected chi connectivity index (χ1v) is 5.34. The van der Waals surface area contributed by atoms with E-state index < -0.39 is 5.69 Å². The Labute approximate surface area is 103 Å². The van der Waals surface area contributed by atoms with E-state index in [-0.39, 0.29) is 0 Å². The van der Waals surface area contributed by atoms with Crippen molar-refractivity contribution in [2.45, 2.75) is 6.92 Å². The van der Waals surface area contributed by atoms with Crippen LogP contribution in [0.3, 0.4) is 0 Å². The van der Waals surface area contributed by atoms with Crippen LogP contribution in [0.4, 0.5) is 0 Å². The second-order valence-corrected chi connectivity index (χ2v) is 3.45. The Balaban J connectivity index is 2.45. The van der Waals surface area contributed by atoms with E-state index in [0.29, 0.717) is 23.1 Å². The van der Waals surface area contributed by atoms with Gasteiger partial charge in [0.15, 0.2) is 5.82 Å². The fourth-order valence-corrected chi connectivity index (χ4v) is 1.40. The third-order valence-corrected chi connectivity index (χ3v) is 2.20. The molecule has 6 heteroatoms. The van der Waals surface area contributed by atoms with Crippen molar-refractivity contribution in [1.82, 2.24) is 19.9 Å². The van der Waals surface area contributed by atoms with Crippen molar-refractivity contribution in [3.63, 3.8) is 0 Å². The second-order valence-electron chi connectivity index (χ2n) is 3.45. The van der Waals surface area contributed by atoms with Crippen LogP contribution in [-0.2, 0) is 0 Å². The maximum Gasteiger partial charge on any atom is 0.348 e. The highest BCUT2D eigenvalue weighted by molar-refractivity contribution is 5.55. The summed E-state index contributed by atoms with van der Waals surface area (Å²) < 4.78 is 4.96. The number of ether oxygens (including phenoxy) is 1. The summed E-state index contributed by atoms with van der Waals surface area (Å²) in [7, 11) is 1.54. The van der Waals surface area contributed by atoms with Crippen molar-refractivity contribution in [2.24, 2.45) is 0 Å². The molecule has 0 fully saturated rings. The number of hydrogen-bond acceptors (Lipinski definition) is 5.